The van der Waals surface area contributed by atoms with E-state index in [4.69, 9.17) is 23.2 Å². The zero-order chi connectivity index (χ0) is 15.0. The van der Waals surface area contributed by atoms with Crippen molar-refractivity contribution >= 4 is 50.2 Å². The van der Waals surface area contributed by atoms with Crippen LogP contribution < -0.4 is 0 Å². The van der Waals surface area contributed by atoms with Crippen LogP contribution in [0.4, 0.5) is 0 Å². The molecule has 0 saturated carbocycles. The molecule has 1 atom stereocenters. The number of aromatic nitrogens is 2. The van der Waals surface area contributed by atoms with Crippen LogP contribution in [-0.2, 0) is 5.88 Å². The fourth-order valence-electron chi connectivity index (χ4n) is 2.56. The molecule has 0 saturated heterocycles. The Balaban J connectivity index is 2.20. The maximum Gasteiger partial charge on any atom is 0.125 e. The second-order valence-corrected chi connectivity index (χ2v) is 6.52. The molecule has 0 bridgehead atoms. The Morgan fingerprint density at radius 2 is 2.05 bits per heavy atom. The Morgan fingerprint density at radius 1 is 1.24 bits per heavy atom. The normalized spacial score (nSPS) is 12.8. The van der Waals surface area contributed by atoms with Crippen molar-refractivity contribution in [2.45, 2.75) is 18.8 Å². The number of hydrogen-bond donors (Lipinski definition) is 0. The van der Waals surface area contributed by atoms with Gasteiger partial charge in [-0.15, -0.1) is 11.6 Å². The lowest BCUT2D eigenvalue weighted by Crippen LogP contribution is -2.09. The predicted molar refractivity (Wildman–Crippen MR) is 92.3 cm³/mol. The van der Waals surface area contributed by atoms with Gasteiger partial charge in [-0.2, -0.15) is 0 Å². The summed E-state index contributed by atoms with van der Waals surface area (Å²) in [6.07, 6.45) is 0. The molecule has 0 aliphatic rings. The summed E-state index contributed by atoms with van der Waals surface area (Å²) in [5.41, 5.74) is 3.14. The minimum atomic E-state index is 0.108. The standard InChI is InChI=1S/C16H13BrCl2N2/c1-10(11-3-2-4-13(19)7-11)21-15-8-12(17)5-6-14(15)20-16(21)9-18/h2-8,10H,9H2,1H3. The van der Waals surface area contributed by atoms with Crippen molar-refractivity contribution in [3.8, 4) is 0 Å². The van der Waals surface area contributed by atoms with Gasteiger partial charge >= 0.3 is 0 Å². The number of halogens is 3. The molecule has 0 aliphatic carbocycles. The summed E-state index contributed by atoms with van der Waals surface area (Å²) >= 11 is 15.7. The van der Waals surface area contributed by atoms with E-state index in [0.29, 0.717) is 5.88 Å². The summed E-state index contributed by atoms with van der Waals surface area (Å²) < 4.78 is 3.19. The second-order valence-electron chi connectivity index (χ2n) is 4.90. The van der Waals surface area contributed by atoms with Crippen molar-refractivity contribution < 1.29 is 0 Å². The highest BCUT2D eigenvalue weighted by molar-refractivity contribution is 9.10. The molecule has 0 spiro atoms. The molecule has 2 aromatic carbocycles. The highest BCUT2D eigenvalue weighted by Crippen LogP contribution is 2.29. The third-order valence-electron chi connectivity index (χ3n) is 3.56. The molecule has 0 aliphatic heterocycles. The van der Waals surface area contributed by atoms with E-state index in [2.05, 4.69) is 44.5 Å². The van der Waals surface area contributed by atoms with E-state index in [9.17, 15) is 0 Å². The molecule has 0 amide bonds. The SMILES string of the molecule is CC(c1cccc(Cl)c1)n1c(CCl)nc2ccc(Br)cc21. The third-order valence-corrected chi connectivity index (χ3v) is 4.53. The van der Waals surface area contributed by atoms with Gasteiger partial charge in [0.25, 0.3) is 0 Å². The lowest BCUT2D eigenvalue weighted by molar-refractivity contribution is 0.634. The largest absolute Gasteiger partial charge is 0.320 e. The molecule has 3 rings (SSSR count). The van der Waals surface area contributed by atoms with Crippen LogP contribution in [0.1, 0.15) is 24.4 Å². The molecular formula is C16H13BrCl2N2. The predicted octanol–water partition coefficient (Wildman–Crippen LogP) is 5.80. The molecule has 1 aromatic heterocycles. The minimum absolute atomic E-state index is 0.108. The Hall–Kier alpha value is -1.03. The zero-order valence-corrected chi connectivity index (χ0v) is 14.5. The van der Waals surface area contributed by atoms with Crippen LogP contribution in [0.2, 0.25) is 5.02 Å². The van der Waals surface area contributed by atoms with E-state index in [0.717, 1.165) is 31.9 Å². The first-order valence-electron chi connectivity index (χ1n) is 6.58. The van der Waals surface area contributed by atoms with Gasteiger partial charge in [-0.1, -0.05) is 39.7 Å². The maximum atomic E-state index is 6.11. The van der Waals surface area contributed by atoms with Gasteiger partial charge in [0.1, 0.15) is 5.82 Å². The summed E-state index contributed by atoms with van der Waals surface area (Å²) in [4.78, 5) is 4.62. The summed E-state index contributed by atoms with van der Waals surface area (Å²) in [6.45, 7) is 2.13. The molecule has 1 heterocycles. The monoisotopic (exact) mass is 382 g/mol. The number of alkyl halides is 1. The maximum absolute atomic E-state index is 6.11. The first kappa shape index (κ1) is 14.9. The number of nitrogens with zero attached hydrogens (tertiary/aromatic N) is 2. The van der Waals surface area contributed by atoms with Gasteiger partial charge in [-0.3, -0.25) is 0 Å². The summed E-state index contributed by atoms with van der Waals surface area (Å²) in [6, 6.07) is 14.0. The van der Waals surface area contributed by atoms with E-state index in [-0.39, 0.29) is 6.04 Å². The molecule has 1 unspecified atom stereocenters. The van der Waals surface area contributed by atoms with Crippen molar-refractivity contribution in [1.29, 1.82) is 0 Å². The average Bonchev–Trinajstić information content (AvgIpc) is 2.84. The number of fused-ring (bicyclic) bond motifs is 1. The first-order valence-corrected chi connectivity index (χ1v) is 8.28. The molecule has 21 heavy (non-hydrogen) atoms. The highest BCUT2D eigenvalue weighted by atomic mass is 79.9. The van der Waals surface area contributed by atoms with E-state index in [1.807, 2.05) is 30.3 Å². The number of hydrogen-bond acceptors (Lipinski definition) is 1. The second kappa shape index (κ2) is 5.99. The molecule has 108 valence electrons. The Bertz CT molecular complexity index is 798. The topological polar surface area (TPSA) is 17.8 Å². The molecule has 5 heteroatoms. The molecule has 0 N–H and O–H groups in total. The van der Waals surface area contributed by atoms with Gasteiger partial charge in [0.2, 0.25) is 0 Å². The first-order chi connectivity index (χ1) is 10.1. The fourth-order valence-corrected chi connectivity index (χ4v) is 3.29. The minimum Gasteiger partial charge on any atom is -0.320 e. The van der Waals surface area contributed by atoms with Crippen molar-refractivity contribution in [1.82, 2.24) is 9.55 Å². The van der Waals surface area contributed by atoms with Crippen molar-refractivity contribution in [2.24, 2.45) is 0 Å². The van der Waals surface area contributed by atoms with Crippen molar-refractivity contribution in [3.05, 3.63) is 63.3 Å². The quantitative estimate of drug-likeness (QED) is 0.522. The highest BCUT2D eigenvalue weighted by Gasteiger charge is 2.17. The number of benzene rings is 2. The number of imidazole rings is 1. The van der Waals surface area contributed by atoms with Gasteiger partial charge < -0.3 is 4.57 Å². The fraction of sp³-hybridized carbons (Fsp3) is 0.188. The van der Waals surface area contributed by atoms with Gasteiger partial charge in [0.15, 0.2) is 0 Å². The van der Waals surface area contributed by atoms with Gasteiger partial charge in [0.05, 0.1) is 23.0 Å². The summed E-state index contributed by atoms with van der Waals surface area (Å²) in [5.74, 6) is 1.23. The van der Waals surface area contributed by atoms with Crippen LogP contribution in [0.5, 0.6) is 0 Å². The van der Waals surface area contributed by atoms with Crippen LogP contribution in [0.3, 0.4) is 0 Å². The third kappa shape index (κ3) is 2.83. The summed E-state index contributed by atoms with van der Waals surface area (Å²) in [5, 5.41) is 0.734. The van der Waals surface area contributed by atoms with Crippen molar-refractivity contribution in [3.63, 3.8) is 0 Å². The lowest BCUT2D eigenvalue weighted by Gasteiger charge is -2.18. The Labute approximate surface area is 141 Å². The van der Waals surface area contributed by atoms with Crippen molar-refractivity contribution in [2.75, 3.05) is 0 Å². The van der Waals surface area contributed by atoms with Crippen LogP contribution in [-0.4, -0.2) is 9.55 Å². The molecule has 0 radical (unpaired) electrons. The van der Waals surface area contributed by atoms with Crippen LogP contribution in [0, 0.1) is 0 Å². The van der Waals surface area contributed by atoms with Crippen LogP contribution in [0.15, 0.2) is 46.9 Å². The van der Waals surface area contributed by atoms with Crippen LogP contribution >= 0.6 is 39.1 Å². The van der Waals surface area contributed by atoms with Gasteiger partial charge in [-0.25, -0.2) is 4.98 Å². The zero-order valence-electron chi connectivity index (χ0n) is 11.4. The van der Waals surface area contributed by atoms with E-state index in [1.54, 1.807) is 0 Å². The van der Waals surface area contributed by atoms with Gasteiger partial charge in [0, 0.05) is 9.50 Å². The van der Waals surface area contributed by atoms with E-state index >= 15 is 0 Å². The smallest absolute Gasteiger partial charge is 0.125 e. The van der Waals surface area contributed by atoms with E-state index < -0.39 is 0 Å². The van der Waals surface area contributed by atoms with E-state index in [1.165, 1.54) is 0 Å². The lowest BCUT2D eigenvalue weighted by atomic mass is 10.1. The molecular weight excluding hydrogens is 371 g/mol. The molecule has 0 fully saturated rings. The summed E-state index contributed by atoms with van der Waals surface area (Å²) in [7, 11) is 0. The number of rotatable bonds is 3. The molecule has 3 aromatic rings. The van der Waals surface area contributed by atoms with Gasteiger partial charge in [-0.05, 0) is 42.8 Å². The Morgan fingerprint density at radius 3 is 2.76 bits per heavy atom. The molecule has 2 nitrogen and oxygen atoms in total. The Kier molecular flexibility index (Phi) is 4.25. The average molecular weight is 384 g/mol. The van der Waals surface area contributed by atoms with Crippen LogP contribution in [0.25, 0.3) is 11.0 Å².